The molecule has 2 aliphatic rings. The number of amides is 1. The molecule has 1 atom stereocenters. The molecule has 10 nitrogen and oxygen atoms in total. The minimum Gasteiger partial charge on any atom is -0.473 e. The van der Waals surface area contributed by atoms with Crippen molar-refractivity contribution < 1.29 is 32.2 Å². The molecule has 1 amide bonds. The highest BCUT2D eigenvalue weighted by atomic mass is 32.2. The van der Waals surface area contributed by atoms with E-state index < -0.39 is 9.84 Å². The first-order valence-corrected chi connectivity index (χ1v) is 15.1. The number of ether oxygens (including phenoxy) is 4. The highest BCUT2D eigenvalue weighted by Gasteiger charge is 2.30. The summed E-state index contributed by atoms with van der Waals surface area (Å²) in [5.74, 6) is 0.332. The molecule has 2 aromatic rings. The van der Waals surface area contributed by atoms with Crippen LogP contribution in [0.3, 0.4) is 0 Å². The van der Waals surface area contributed by atoms with Gasteiger partial charge in [0.15, 0.2) is 14.9 Å². The number of carbonyl (C=O) groups is 1. The van der Waals surface area contributed by atoms with Gasteiger partial charge in [0.1, 0.15) is 12.2 Å². The number of hydrogen-bond donors (Lipinski definition) is 0. The Labute approximate surface area is 224 Å². The Morgan fingerprint density at radius 3 is 2.26 bits per heavy atom. The smallest absolute Gasteiger partial charge is 0.410 e. The van der Waals surface area contributed by atoms with Gasteiger partial charge in [-0.1, -0.05) is 30.3 Å². The lowest BCUT2D eigenvalue weighted by Crippen LogP contribution is -2.43. The van der Waals surface area contributed by atoms with Gasteiger partial charge in [0.25, 0.3) is 0 Å². The molecule has 0 N–H and O–H groups in total. The minimum absolute atomic E-state index is 0.00325. The molecule has 1 saturated carbocycles. The number of piperidine rings is 1. The van der Waals surface area contributed by atoms with Crippen LogP contribution in [0.15, 0.2) is 47.8 Å². The standard InChI is InChI=1S/C27H37N3O7S/c1-20(18-34-19-21-6-4-3-5-7-21)35-27(31)30-14-12-24(13-15-30)36-22-8-10-23(11-9-22)37-25-16-29-26(17-28-25)38(2,32)33/h3-7,16-17,20,22-24H,8-15,18-19H2,1-2H3. The zero-order chi connectivity index (χ0) is 27.0. The van der Waals surface area contributed by atoms with E-state index in [9.17, 15) is 13.2 Å². The molecule has 0 bridgehead atoms. The van der Waals surface area contributed by atoms with Gasteiger partial charge < -0.3 is 23.8 Å². The van der Waals surface area contributed by atoms with Crippen molar-refractivity contribution in [3.63, 3.8) is 0 Å². The third kappa shape index (κ3) is 8.64. The molecule has 1 aromatic heterocycles. The number of nitrogens with zero attached hydrogens (tertiary/aromatic N) is 3. The molecular weight excluding hydrogens is 510 g/mol. The molecule has 1 aromatic carbocycles. The van der Waals surface area contributed by atoms with Crippen LogP contribution in [-0.2, 0) is 30.7 Å². The predicted octanol–water partition coefficient (Wildman–Crippen LogP) is 3.79. The Kier molecular flexibility index (Phi) is 9.92. The van der Waals surface area contributed by atoms with E-state index in [0.717, 1.165) is 50.3 Å². The highest BCUT2D eigenvalue weighted by Crippen LogP contribution is 2.27. The molecule has 2 heterocycles. The predicted molar refractivity (Wildman–Crippen MR) is 140 cm³/mol. The Balaban J connectivity index is 1.10. The topological polar surface area (TPSA) is 117 Å². The first-order chi connectivity index (χ1) is 18.3. The van der Waals surface area contributed by atoms with Gasteiger partial charge >= 0.3 is 6.09 Å². The lowest BCUT2D eigenvalue weighted by molar-refractivity contribution is -0.0673. The second kappa shape index (κ2) is 13.3. The van der Waals surface area contributed by atoms with Crippen molar-refractivity contribution in [2.24, 2.45) is 0 Å². The minimum atomic E-state index is -3.38. The van der Waals surface area contributed by atoms with E-state index in [1.807, 2.05) is 37.3 Å². The Morgan fingerprint density at radius 2 is 1.63 bits per heavy atom. The third-order valence-electron chi connectivity index (χ3n) is 6.74. The molecule has 38 heavy (non-hydrogen) atoms. The van der Waals surface area contributed by atoms with E-state index in [1.54, 1.807) is 4.90 Å². The van der Waals surface area contributed by atoms with Crippen LogP contribution in [0, 0.1) is 0 Å². The van der Waals surface area contributed by atoms with Crippen LogP contribution in [0.5, 0.6) is 5.88 Å². The monoisotopic (exact) mass is 547 g/mol. The highest BCUT2D eigenvalue weighted by molar-refractivity contribution is 7.90. The molecule has 2 fully saturated rings. The fourth-order valence-corrected chi connectivity index (χ4v) is 5.15. The van der Waals surface area contributed by atoms with Gasteiger partial charge in [-0.05, 0) is 51.0 Å². The first-order valence-electron chi connectivity index (χ1n) is 13.2. The molecule has 11 heteroatoms. The molecule has 1 aliphatic heterocycles. The summed E-state index contributed by atoms with van der Waals surface area (Å²) in [4.78, 5) is 22.3. The number of carbonyl (C=O) groups excluding carboxylic acids is 1. The normalized spacial score (nSPS) is 21.6. The summed E-state index contributed by atoms with van der Waals surface area (Å²) >= 11 is 0. The summed E-state index contributed by atoms with van der Waals surface area (Å²) in [7, 11) is -3.38. The van der Waals surface area contributed by atoms with Gasteiger partial charge in [-0.15, -0.1) is 0 Å². The first kappa shape index (κ1) is 28.3. The zero-order valence-corrected chi connectivity index (χ0v) is 22.8. The maximum atomic E-state index is 12.5. The molecule has 1 saturated heterocycles. The van der Waals surface area contributed by atoms with Crippen LogP contribution < -0.4 is 4.74 Å². The number of rotatable bonds is 10. The maximum absolute atomic E-state index is 12.5. The van der Waals surface area contributed by atoms with Gasteiger partial charge in [0, 0.05) is 19.3 Å². The van der Waals surface area contributed by atoms with E-state index in [0.29, 0.717) is 32.2 Å². The molecule has 0 spiro atoms. The summed E-state index contributed by atoms with van der Waals surface area (Å²) in [6.07, 6.45) is 8.34. The Morgan fingerprint density at radius 1 is 0.974 bits per heavy atom. The van der Waals surface area contributed by atoms with E-state index in [2.05, 4.69) is 9.97 Å². The lowest BCUT2D eigenvalue weighted by atomic mass is 9.94. The maximum Gasteiger partial charge on any atom is 0.410 e. The van der Waals surface area contributed by atoms with Gasteiger partial charge in [-0.3, -0.25) is 0 Å². The van der Waals surface area contributed by atoms with E-state index in [1.165, 1.54) is 12.4 Å². The van der Waals surface area contributed by atoms with E-state index >= 15 is 0 Å². The largest absolute Gasteiger partial charge is 0.473 e. The summed E-state index contributed by atoms with van der Waals surface area (Å²) in [5.41, 5.74) is 1.09. The van der Waals surface area contributed by atoms with Crippen LogP contribution in [0.2, 0.25) is 0 Å². The average molecular weight is 548 g/mol. The Hall–Kier alpha value is -2.76. The summed E-state index contributed by atoms with van der Waals surface area (Å²) in [6, 6.07) is 9.91. The SMILES string of the molecule is CC(COCc1ccccc1)OC(=O)N1CCC(OC2CCC(Oc3cnc(S(C)(=O)=O)cn3)CC2)CC1. The van der Waals surface area contributed by atoms with Crippen molar-refractivity contribution in [2.45, 2.75) is 81.5 Å². The molecule has 208 valence electrons. The lowest BCUT2D eigenvalue weighted by Gasteiger charge is -2.36. The zero-order valence-electron chi connectivity index (χ0n) is 22.0. The van der Waals surface area contributed by atoms with Gasteiger partial charge in [-0.2, -0.15) is 0 Å². The van der Waals surface area contributed by atoms with Crippen molar-refractivity contribution in [3.8, 4) is 5.88 Å². The number of sulfone groups is 1. The quantitative estimate of drug-likeness (QED) is 0.438. The number of aromatic nitrogens is 2. The van der Waals surface area contributed by atoms with Crippen molar-refractivity contribution >= 4 is 15.9 Å². The second-order valence-electron chi connectivity index (χ2n) is 10.00. The third-order valence-corrected chi connectivity index (χ3v) is 7.71. The van der Waals surface area contributed by atoms with Crippen LogP contribution in [-0.4, -0.2) is 79.7 Å². The van der Waals surface area contributed by atoms with Gasteiger partial charge in [0.05, 0.1) is 37.8 Å². The van der Waals surface area contributed by atoms with Crippen LogP contribution >= 0.6 is 0 Å². The fraction of sp³-hybridized carbons (Fsp3) is 0.593. The summed E-state index contributed by atoms with van der Waals surface area (Å²) in [5, 5.41) is -0.0661. The number of benzene rings is 1. The van der Waals surface area contributed by atoms with Crippen molar-refractivity contribution in [3.05, 3.63) is 48.3 Å². The summed E-state index contributed by atoms with van der Waals surface area (Å²) in [6.45, 7) is 3.91. The number of likely N-dealkylation sites (tertiary alicyclic amines) is 1. The average Bonchev–Trinajstić information content (AvgIpc) is 2.90. The molecular formula is C27H37N3O7S. The van der Waals surface area contributed by atoms with Crippen LogP contribution in [0.25, 0.3) is 0 Å². The van der Waals surface area contributed by atoms with Crippen LogP contribution in [0.4, 0.5) is 4.79 Å². The van der Waals surface area contributed by atoms with Crippen molar-refractivity contribution in [2.75, 3.05) is 26.0 Å². The number of hydrogen-bond acceptors (Lipinski definition) is 9. The Bertz CT molecular complexity index is 1120. The molecule has 0 radical (unpaired) electrons. The molecule has 4 rings (SSSR count). The fourth-order valence-electron chi connectivity index (χ4n) is 4.66. The second-order valence-corrected chi connectivity index (χ2v) is 12.0. The van der Waals surface area contributed by atoms with E-state index in [-0.39, 0.29) is 35.5 Å². The van der Waals surface area contributed by atoms with E-state index in [4.69, 9.17) is 18.9 Å². The molecule has 1 aliphatic carbocycles. The van der Waals surface area contributed by atoms with Crippen molar-refractivity contribution in [1.29, 1.82) is 0 Å². The molecule has 1 unspecified atom stereocenters. The van der Waals surface area contributed by atoms with Gasteiger partial charge in [-0.25, -0.2) is 23.2 Å². The summed E-state index contributed by atoms with van der Waals surface area (Å²) < 4.78 is 46.5. The van der Waals surface area contributed by atoms with Crippen molar-refractivity contribution in [1.82, 2.24) is 14.9 Å². The van der Waals surface area contributed by atoms with Gasteiger partial charge in [0.2, 0.25) is 5.88 Å². The van der Waals surface area contributed by atoms with Crippen LogP contribution in [0.1, 0.15) is 51.0 Å².